The zero-order valence-electron chi connectivity index (χ0n) is 25.5. The fourth-order valence-corrected chi connectivity index (χ4v) is 6.07. The summed E-state index contributed by atoms with van der Waals surface area (Å²) in [6.45, 7) is 0.724. The number of rotatable bonds is 8. The number of amidine groups is 1. The first-order chi connectivity index (χ1) is 22.2. The van der Waals surface area contributed by atoms with Crippen molar-refractivity contribution >= 4 is 27.6 Å². The highest BCUT2D eigenvalue weighted by Crippen LogP contribution is 2.34. The third kappa shape index (κ3) is 5.74. The molecule has 0 saturated heterocycles. The molecule has 5 aromatic carbocycles. The Bertz CT molecular complexity index is 2070. The van der Waals surface area contributed by atoms with Crippen molar-refractivity contribution in [3.05, 3.63) is 168 Å². The number of para-hydroxylation sites is 1. The average molecular weight is 586 g/mol. The van der Waals surface area contributed by atoms with Gasteiger partial charge in [0.1, 0.15) is 17.8 Å². The zero-order chi connectivity index (χ0) is 30.6. The molecular weight excluding hydrogens is 550 g/mol. The van der Waals surface area contributed by atoms with E-state index in [2.05, 4.69) is 143 Å². The maximum Gasteiger partial charge on any atom is 0.137 e. The van der Waals surface area contributed by atoms with E-state index in [0.717, 1.165) is 40.4 Å². The van der Waals surface area contributed by atoms with Crippen molar-refractivity contribution in [1.29, 1.82) is 0 Å². The maximum absolute atomic E-state index is 5.25. The van der Waals surface area contributed by atoms with Gasteiger partial charge in [0.05, 0.1) is 11.0 Å². The number of aromatic nitrogens is 2. The van der Waals surface area contributed by atoms with Crippen molar-refractivity contribution in [2.24, 2.45) is 4.99 Å². The third-order valence-corrected chi connectivity index (χ3v) is 8.28. The number of aliphatic imine (C=N–C) groups is 1. The smallest absolute Gasteiger partial charge is 0.137 e. The van der Waals surface area contributed by atoms with Gasteiger partial charge < -0.3 is 4.90 Å². The summed E-state index contributed by atoms with van der Waals surface area (Å²) in [5, 5.41) is 5.81. The molecule has 7 rings (SSSR count). The Morgan fingerprint density at radius 3 is 2.09 bits per heavy atom. The zero-order valence-corrected chi connectivity index (χ0v) is 25.5. The first-order valence-corrected chi connectivity index (χ1v) is 15.3. The summed E-state index contributed by atoms with van der Waals surface area (Å²) in [6, 6.07) is 50.9. The monoisotopic (exact) mass is 585 g/mol. The van der Waals surface area contributed by atoms with Crippen LogP contribution in [-0.4, -0.2) is 34.4 Å². The fourth-order valence-electron chi connectivity index (χ4n) is 6.07. The van der Waals surface area contributed by atoms with Gasteiger partial charge in [-0.3, -0.25) is 9.88 Å². The topological polar surface area (TPSA) is 45.5 Å². The van der Waals surface area contributed by atoms with Gasteiger partial charge in [-0.25, -0.2) is 9.98 Å². The number of pyridine rings is 1. The van der Waals surface area contributed by atoms with E-state index in [1.807, 2.05) is 37.5 Å². The molecule has 5 nitrogen and oxygen atoms in total. The quantitative estimate of drug-likeness (QED) is 0.143. The predicted octanol–water partition coefficient (Wildman–Crippen LogP) is 8.64. The van der Waals surface area contributed by atoms with Gasteiger partial charge in [-0.15, -0.1) is 0 Å². The van der Waals surface area contributed by atoms with Crippen LogP contribution in [0.25, 0.3) is 38.8 Å². The normalized spacial score (nSPS) is 12.4. The summed E-state index contributed by atoms with van der Waals surface area (Å²) in [4.78, 5) is 12.5. The van der Waals surface area contributed by atoms with Crippen LogP contribution in [0, 0.1) is 0 Å². The number of nitrogens with one attached hydrogen (secondary N) is 1. The summed E-state index contributed by atoms with van der Waals surface area (Å²) < 4.78 is 2.27. The van der Waals surface area contributed by atoms with Crippen molar-refractivity contribution in [3.63, 3.8) is 0 Å². The molecule has 0 bridgehead atoms. The Hall–Kier alpha value is -5.52. The van der Waals surface area contributed by atoms with Gasteiger partial charge in [0.15, 0.2) is 0 Å². The largest absolute Gasteiger partial charge is 0.355 e. The van der Waals surface area contributed by atoms with Crippen LogP contribution in [0.3, 0.4) is 0 Å². The lowest BCUT2D eigenvalue weighted by molar-refractivity contribution is 0.489. The maximum atomic E-state index is 5.25. The Morgan fingerprint density at radius 2 is 1.38 bits per heavy atom. The van der Waals surface area contributed by atoms with Gasteiger partial charge in [-0.2, -0.15) is 0 Å². The van der Waals surface area contributed by atoms with Crippen LogP contribution in [0.4, 0.5) is 0 Å². The van der Waals surface area contributed by atoms with E-state index in [1.54, 1.807) is 0 Å². The van der Waals surface area contributed by atoms with E-state index in [4.69, 9.17) is 9.98 Å². The van der Waals surface area contributed by atoms with Gasteiger partial charge in [-0.1, -0.05) is 121 Å². The molecule has 2 aromatic heterocycles. The van der Waals surface area contributed by atoms with Crippen LogP contribution in [0.1, 0.15) is 22.9 Å². The molecule has 0 aliphatic carbocycles. The van der Waals surface area contributed by atoms with E-state index in [0.29, 0.717) is 0 Å². The number of fused-ring (bicyclic) bond motifs is 3. The second-order valence-electron chi connectivity index (χ2n) is 11.3. The fraction of sp³-hybridized carbons (Fsp3) is 0.100. The van der Waals surface area contributed by atoms with Crippen LogP contribution in [0.5, 0.6) is 0 Å². The van der Waals surface area contributed by atoms with Crippen molar-refractivity contribution in [2.75, 3.05) is 14.1 Å². The molecule has 1 N–H and O–H groups in total. The molecule has 0 radical (unpaired) electrons. The molecule has 2 heterocycles. The number of hydrogen-bond acceptors (Lipinski definition) is 3. The van der Waals surface area contributed by atoms with Crippen LogP contribution in [0.2, 0.25) is 0 Å². The van der Waals surface area contributed by atoms with Gasteiger partial charge in [-0.05, 0) is 53.6 Å². The van der Waals surface area contributed by atoms with E-state index in [1.165, 1.54) is 27.5 Å². The van der Waals surface area contributed by atoms with Gasteiger partial charge in [0.2, 0.25) is 0 Å². The van der Waals surface area contributed by atoms with Gasteiger partial charge >= 0.3 is 0 Å². The van der Waals surface area contributed by atoms with E-state index in [-0.39, 0.29) is 6.17 Å². The lowest BCUT2D eigenvalue weighted by atomic mass is 10.0. The second kappa shape index (κ2) is 12.6. The summed E-state index contributed by atoms with van der Waals surface area (Å²) in [7, 11) is 4.04. The van der Waals surface area contributed by atoms with Crippen molar-refractivity contribution in [3.8, 4) is 16.9 Å². The molecule has 0 aliphatic rings. The van der Waals surface area contributed by atoms with Crippen LogP contribution in [0.15, 0.2) is 157 Å². The minimum Gasteiger partial charge on any atom is -0.355 e. The van der Waals surface area contributed by atoms with Gasteiger partial charge in [0, 0.05) is 36.1 Å². The molecule has 220 valence electrons. The number of nitrogens with zero attached hydrogens (tertiary/aromatic N) is 4. The van der Waals surface area contributed by atoms with E-state index in [9.17, 15) is 0 Å². The van der Waals surface area contributed by atoms with Crippen LogP contribution >= 0.6 is 0 Å². The summed E-state index contributed by atoms with van der Waals surface area (Å²) in [6.07, 6.45) is 1.75. The molecule has 0 aliphatic heterocycles. The highest BCUT2D eigenvalue weighted by molar-refractivity contribution is 6.10. The molecule has 1 atom stereocenters. The van der Waals surface area contributed by atoms with E-state index < -0.39 is 0 Å². The van der Waals surface area contributed by atoms with Crippen molar-refractivity contribution < 1.29 is 0 Å². The summed E-state index contributed by atoms with van der Waals surface area (Å²) >= 11 is 0. The second-order valence-corrected chi connectivity index (χ2v) is 11.3. The van der Waals surface area contributed by atoms with Crippen LogP contribution < -0.4 is 5.32 Å². The van der Waals surface area contributed by atoms with Crippen LogP contribution in [-0.2, 0) is 6.54 Å². The molecular formula is C40H35N5. The molecule has 45 heavy (non-hydrogen) atoms. The standard InChI is InChI=1S/C40H35N5/c1-41-39(31-18-10-5-11-19-31)43-40(44(2)28-29-14-6-3-7-15-29)33-23-25-38(42-27-33)45-36-21-13-12-20-34(36)35-24-22-32(26-37(35)45)30-16-8-4-9-17-30/h3-27,39,41H,28H2,1-2H3. The molecule has 0 saturated carbocycles. The molecule has 0 amide bonds. The first-order valence-electron chi connectivity index (χ1n) is 15.3. The summed E-state index contributed by atoms with van der Waals surface area (Å²) in [5.41, 5.74) is 7.92. The lowest BCUT2D eigenvalue weighted by Crippen LogP contribution is -2.29. The molecule has 0 fully saturated rings. The molecule has 7 aromatic rings. The highest BCUT2D eigenvalue weighted by Gasteiger charge is 2.18. The average Bonchev–Trinajstić information content (AvgIpc) is 3.44. The van der Waals surface area contributed by atoms with Gasteiger partial charge in [0.25, 0.3) is 0 Å². The third-order valence-electron chi connectivity index (χ3n) is 8.28. The molecule has 1 unspecified atom stereocenters. The Balaban J connectivity index is 1.32. The highest BCUT2D eigenvalue weighted by atomic mass is 15.2. The minimum absolute atomic E-state index is 0.201. The molecule has 0 spiro atoms. The summed E-state index contributed by atoms with van der Waals surface area (Å²) in [5.74, 6) is 1.74. The Labute approximate surface area is 264 Å². The number of hydrogen-bond donors (Lipinski definition) is 1. The lowest BCUT2D eigenvalue weighted by Gasteiger charge is -2.24. The van der Waals surface area contributed by atoms with Crippen molar-refractivity contribution in [2.45, 2.75) is 12.7 Å². The minimum atomic E-state index is -0.201. The predicted molar refractivity (Wildman–Crippen MR) is 187 cm³/mol. The SMILES string of the molecule is CNC(N=C(c1ccc(-n2c3ccccc3c3ccc(-c4ccccc4)cc32)nc1)N(C)Cc1ccccc1)c1ccccc1. The van der Waals surface area contributed by atoms with Crippen molar-refractivity contribution in [1.82, 2.24) is 19.8 Å². The Kier molecular flexibility index (Phi) is 7.92. The molecule has 5 heteroatoms. The first kappa shape index (κ1) is 28.3. The number of benzene rings is 5. The Morgan fingerprint density at radius 1 is 0.711 bits per heavy atom. The van der Waals surface area contributed by atoms with E-state index >= 15 is 0 Å².